The summed E-state index contributed by atoms with van der Waals surface area (Å²) in [5.41, 5.74) is 6.92. The molecular weight excluding hydrogens is 384 g/mol. The van der Waals surface area contributed by atoms with Gasteiger partial charge in [0, 0.05) is 0 Å². The molecule has 32 heavy (non-hydrogen) atoms. The van der Waals surface area contributed by atoms with Crippen LogP contribution in [-0.4, -0.2) is 0 Å². The summed E-state index contributed by atoms with van der Waals surface area (Å²) >= 11 is 0. The molecule has 4 aliphatic rings. The Kier molecular flexibility index (Phi) is 7.84. The van der Waals surface area contributed by atoms with Gasteiger partial charge in [0.2, 0.25) is 0 Å². The van der Waals surface area contributed by atoms with Crippen LogP contribution in [0.2, 0.25) is 0 Å². The minimum atomic E-state index is 0.562. The largest absolute Gasteiger partial charge is 0.0993 e. The van der Waals surface area contributed by atoms with Crippen molar-refractivity contribution < 1.29 is 0 Å². The monoisotopic (exact) mass is 440 g/mol. The second kappa shape index (κ2) is 9.62. The molecule has 0 nitrogen and oxygen atoms in total. The fourth-order valence-electron chi connectivity index (χ4n) is 8.12. The Morgan fingerprint density at radius 1 is 1.00 bits per heavy atom. The standard InChI is InChI=1S/C23H42.C9H14/c1-8-17(4)20-10-9-15-23(7)21(13-14-22(20)23)19(6)12-11-18(5)16(2)3;1-7-4-5-8(2)6-9(7,8)3/h16,18-19,21-22H,8-15H2,1-7H3;1,4-6H2,2-3H3/b20-17+;. The van der Waals surface area contributed by atoms with Crippen molar-refractivity contribution in [1.29, 1.82) is 0 Å². The van der Waals surface area contributed by atoms with Crippen molar-refractivity contribution in [1.82, 2.24) is 0 Å². The van der Waals surface area contributed by atoms with Gasteiger partial charge in [-0.2, -0.15) is 0 Å². The van der Waals surface area contributed by atoms with Gasteiger partial charge in [-0.15, -0.1) is 0 Å². The molecule has 0 heteroatoms. The lowest BCUT2D eigenvalue weighted by molar-refractivity contribution is 0.0900. The van der Waals surface area contributed by atoms with E-state index in [2.05, 4.69) is 68.9 Å². The van der Waals surface area contributed by atoms with Crippen LogP contribution in [0.5, 0.6) is 0 Å². The molecule has 0 radical (unpaired) electrons. The lowest BCUT2D eigenvalue weighted by atomic mass is 9.60. The minimum absolute atomic E-state index is 0.562. The first-order valence-corrected chi connectivity index (χ1v) is 14.3. The first-order chi connectivity index (χ1) is 14.9. The van der Waals surface area contributed by atoms with Crippen LogP contribution in [0.15, 0.2) is 23.3 Å². The summed E-state index contributed by atoms with van der Waals surface area (Å²) in [6, 6.07) is 0. The van der Waals surface area contributed by atoms with Crippen LogP contribution < -0.4 is 0 Å². The van der Waals surface area contributed by atoms with Crippen molar-refractivity contribution in [2.45, 2.75) is 133 Å². The Bertz CT molecular complexity index is 706. The van der Waals surface area contributed by atoms with Gasteiger partial charge in [0.25, 0.3) is 0 Å². The molecule has 0 saturated heterocycles. The minimum Gasteiger partial charge on any atom is -0.0993 e. The topological polar surface area (TPSA) is 0 Å². The van der Waals surface area contributed by atoms with E-state index in [0.717, 1.165) is 29.6 Å². The molecule has 0 aromatic heterocycles. The van der Waals surface area contributed by atoms with Crippen molar-refractivity contribution in [3.8, 4) is 0 Å². The molecule has 4 rings (SSSR count). The normalized spacial score (nSPS) is 41.5. The summed E-state index contributed by atoms with van der Waals surface area (Å²) in [7, 11) is 0. The predicted molar refractivity (Wildman–Crippen MR) is 143 cm³/mol. The van der Waals surface area contributed by atoms with E-state index >= 15 is 0 Å². The molecule has 0 spiro atoms. The maximum absolute atomic E-state index is 4.09. The second-order valence-corrected chi connectivity index (χ2v) is 13.7. The maximum Gasteiger partial charge on any atom is -0.00594 e. The summed E-state index contributed by atoms with van der Waals surface area (Å²) in [5, 5.41) is 0. The van der Waals surface area contributed by atoms with E-state index < -0.39 is 0 Å². The molecule has 0 bridgehead atoms. The molecule has 4 saturated carbocycles. The molecule has 4 aliphatic carbocycles. The van der Waals surface area contributed by atoms with E-state index in [9.17, 15) is 0 Å². The Hall–Kier alpha value is -0.520. The SMILES string of the molecule is C=C1CCC2(C)CC12C.CC/C(C)=C1\CCCC2(C)C1CCC2C(C)CCC(C)C(C)C. The van der Waals surface area contributed by atoms with Gasteiger partial charge in [-0.05, 0) is 111 Å². The zero-order valence-corrected chi connectivity index (χ0v) is 23.4. The van der Waals surface area contributed by atoms with Gasteiger partial charge in [-0.3, -0.25) is 0 Å². The van der Waals surface area contributed by atoms with E-state index in [1.165, 1.54) is 76.2 Å². The number of rotatable bonds is 6. The Labute approximate surface area is 202 Å². The highest BCUT2D eigenvalue weighted by atomic mass is 14.7. The lowest BCUT2D eigenvalue weighted by Crippen LogP contribution is -2.36. The summed E-state index contributed by atoms with van der Waals surface area (Å²) in [6.07, 6.45) is 15.5. The van der Waals surface area contributed by atoms with Crippen LogP contribution in [0.4, 0.5) is 0 Å². The Morgan fingerprint density at radius 3 is 2.16 bits per heavy atom. The Morgan fingerprint density at radius 2 is 1.69 bits per heavy atom. The van der Waals surface area contributed by atoms with Crippen LogP contribution in [0.3, 0.4) is 0 Å². The van der Waals surface area contributed by atoms with Gasteiger partial charge in [-0.1, -0.05) is 91.5 Å². The van der Waals surface area contributed by atoms with Crippen LogP contribution in [0.1, 0.15) is 133 Å². The molecule has 0 aromatic carbocycles. The quantitative estimate of drug-likeness (QED) is 0.360. The maximum atomic E-state index is 4.09. The number of hydrogen-bond acceptors (Lipinski definition) is 0. The average molecular weight is 441 g/mol. The first kappa shape index (κ1) is 26.1. The van der Waals surface area contributed by atoms with Crippen LogP contribution in [0, 0.1) is 45.8 Å². The second-order valence-electron chi connectivity index (χ2n) is 13.7. The molecule has 0 N–H and O–H groups in total. The van der Waals surface area contributed by atoms with Crippen molar-refractivity contribution >= 4 is 0 Å². The van der Waals surface area contributed by atoms with Crippen LogP contribution in [0.25, 0.3) is 0 Å². The number of fused-ring (bicyclic) bond motifs is 2. The van der Waals surface area contributed by atoms with E-state index in [0.29, 0.717) is 16.2 Å². The van der Waals surface area contributed by atoms with Gasteiger partial charge >= 0.3 is 0 Å². The summed E-state index contributed by atoms with van der Waals surface area (Å²) in [4.78, 5) is 0. The third-order valence-electron chi connectivity index (χ3n) is 11.7. The van der Waals surface area contributed by atoms with Crippen molar-refractivity contribution in [3.05, 3.63) is 23.3 Å². The average Bonchev–Trinajstić information content (AvgIpc) is 3.02. The predicted octanol–water partition coefficient (Wildman–Crippen LogP) is 10.4. The smallest absolute Gasteiger partial charge is 0.00594 e. The van der Waals surface area contributed by atoms with E-state index in [1.54, 1.807) is 5.57 Å². The molecule has 0 amide bonds. The number of allylic oxidation sites excluding steroid dienone is 3. The molecule has 184 valence electrons. The van der Waals surface area contributed by atoms with Crippen molar-refractivity contribution in [3.63, 3.8) is 0 Å². The highest BCUT2D eigenvalue weighted by molar-refractivity contribution is 5.32. The first-order valence-electron chi connectivity index (χ1n) is 14.3. The highest BCUT2D eigenvalue weighted by Crippen LogP contribution is 2.74. The molecule has 4 fully saturated rings. The lowest BCUT2D eigenvalue weighted by Gasteiger charge is -2.45. The highest BCUT2D eigenvalue weighted by Gasteiger charge is 2.65. The van der Waals surface area contributed by atoms with Crippen LogP contribution >= 0.6 is 0 Å². The van der Waals surface area contributed by atoms with E-state index in [-0.39, 0.29) is 0 Å². The molecule has 0 aromatic rings. The van der Waals surface area contributed by atoms with Gasteiger partial charge in [0.1, 0.15) is 0 Å². The third-order valence-corrected chi connectivity index (χ3v) is 11.7. The fourth-order valence-corrected chi connectivity index (χ4v) is 8.12. The zero-order valence-electron chi connectivity index (χ0n) is 23.4. The zero-order chi connectivity index (χ0) is 23.9. The molecule has 7 unspecified atom stereocenters. The van der Waals surface area contributed by atoms with Gasteiger partial charge in [-0.25, -0.2) is 0 Å². The Balaban J connectivity index is 0.000000264. The van der Waals surface area contributed by atoms with Crippen molar-refractivity contribution in [2.24, 2.45) is 45.8 Å². The van der Waals surface area contributed by atoms with Crippen LogP contribution in [-0.2, 0) is 0 Å². The van der Waals surface area contributed by atoms with Gasteiger partial charge in [0.15, 0.2) is 0 Å². The molecule has 0 aliphatic heterocycles. The van der Waals surface area contributed by atoms with Gasteiger partial charge < -0.3 is 0 Å². The summed E-state index contributed by atoms with van der Waals surface area (Å²) in [5.74, 6) is 4.50. The molecule has 0 heterocycles. The number of hydrogen-bond donors (Lipinski definition) is 0. The fraction of sp³-hybridized carbons (Fsp3) is 0.875. The third kappa shape index (κ3) is 4.68. The summed E-state index contributed by atoms with van der Waals surface area (Å²) < 4.78 is 0. The van der Waals surface area contributed by atoms with E-state index in [1.807, 2.05) is 5.57 Å². The summed E-state index contributed by atoms with van der Waals surface area (Å²) in [6.45, 7) is 26.0. The van der Waals surface area contributed by atoms with Crippen molar-refractivity contribution in [2.75, 3.05) is 0 Å². The molecular formula is C32H56. The van der Waals surface area contributed by atoms with Gasteiger partial charge in [0.05, 0.1) is 0 Å². The molecule has 7 atom stereocenters. The van der Waals surface area contributed by atoms with E-state index in [4.69, 9.17) is 0 Å².